The number of aryl methyl sites for hydroxylation is 1. The van der Waals surface area contributed by atoms with Crippen LogP contribution in [-0.4, -0.2) is 5.60 Å². The molecule has 0 amide bonds. The van der Waals surface area contributed by atoms with Gasteiger partial charge < -0.3 is 0 Å². The number of rotatable bonds is 3. The first-order valence-corrected chi connectivity index (χ1v) is 8.79. The van der Waals surface area contributed by atoms with Gasteiger partial charge in [0.1, 0.15) is 5.60 Å². The Balaban J connectivity index is 2.15. The molecular formula is C21H27NO2. The highest BCUT2D eigenvalue weighted by Crippen LogP contribution is 2.48. The molecule has 1 unspecified atom stereocenters. The first kappa shape index (κ1) is 17.2. The van der Waals surface area contributed by atoms with Gasteiger partial charge in [0.15, 0.2) is 0 Å². The second-order valence-electron chi connectivity index (χ2n) is 6.85. The Hall–Kier alpha value is -1.68. The van der Waals surface area contributed by atoms with Crippen LogP contribution < -0.4 is 5.73 Å². The molecule has 0 saturated heterocycles. The molecule has 1 atom stereocenters. The van der Waals surface area contributed by atoms with E-state index in [-0.39, 0.29) is 0 Å². The largest absolute Gasteiger partial charge is 0.293 e. The van der Waals surface area contributed by atoms with Gasteiger partial charge in [0.25, 0.3) is 0 Å². The van der Waals surface area contributed by atoms with Crippen LogP contribution >= 0.6 is 0 Å². The van der Waals surface area contributed by atoms with Gasteiger partial charge >= 0.3 is 0 Å². The molecule has 1 aromatic carbocycles. The van der Waals surface area contributed by atoms with Gasteiger partial charge in [0.2, 0.25) is 5.72 Å². The predicted octanol–water partition coefficient (Wildman–Crippen LogP) is 4.83. The highest BCUT2D eigenvalue weighted by molar-refractivity contribution is 5.48. The lowest BCUT2D eigenvalue weighted by molar-refractivity contribution is -0.414. The lowest BCUT2D eigenvalue weighted by atomic mass is 9.74. The number of benzene rings is 1. The van der Waals surface area contributed by atoms with E-state index in [1.165, 1.54) is 12.0 Å². The lowest BCUT2D eigenvalue weighted by Gasteiger charge is -2.46. The minimum atomic E-state index is -1.13. The maximum absolute atomic E-state index is 6.69. The Bertz CT molecular complexity index is 666. The summed E-state index contributed by atoms with van der Waals surface area (Å²) >= 11 is 0. The average Bonchev–Trinajstić information content (AvgIpc) is 2.60. The zero-order valence-electron chi connectivity index (χ0n) is 14.7. The van der Waals surface area contributed by atoms with Gasteiger partial charge in [0.05, 0.1) is 0 Å². The molecule has 2 aliphatic rings. The molecule has 1 aromatic rings. The predicted molar refractivity (Wildman–Crippen MR) is 97.1 cm³/mol. The minimum Gasteiger partial charge on any atom is -0.293 e. The van der Waals surface area contributed by atoms with E-state index in [2.05, 4.69) is 19.6 Å². The van der Waals surface area contributed by atoms with Gasteiger partial charge in [-0.1, -0.05) is 73.9 Å². The fourth-order valence-electron chi connectivity index (χ4n) is 3.83. The molecule has 3 nitrogen and oxygen atoms in total. The van der Waals surface area contributed by atoms with E-state index < -0.39 is 11.3 Å². The molecule has 1 saturated carbocycles. The lowest BCUT2D eigenvalue weighted by Crippen LogP contribution is -2.52. The van der Waals surface area contributed by atoms with Gasteiger partial charge in [0, 0.05) is 11.1 Å². The van der Waals surface area contributed by atoms with Gasteiger partial charge in [-0.05, 0) is 32.3 Å². The summed E-state index contributed by atoms with van der Waals surface area (Å²) in [5, 5.41) is 0. The van der Waals surface area contributed by atoms with Crippen LogP contribution in [0, 0.1) is 6.92 Å². The summed E-state index contributed by atoms with van der Waals surface area (Å²) in [5.74, 6) is 0. The molecule has 0 aromatic heterocycles. The third-order valence-corrected chi connectivity index (χ3v) is 5.19. The van der Waals surface area contributed by atoms with Crippen LogP contribution in [0.15, 0.2) is 60.2 Å². The topological polar surface area (TPSA) is 44.5 Å². The highest BCUT2D eigenvalue weighted by Gasteiger charge is 2.49. The molecule has 1 aliphatic carbocycles. The molecule has 1 aliphatic heterocycles. The van der Waals surface area contributed by atoms with Gasteiger partial charge in [-0.2, -0.15) is 0 Å². The zero-order chi connectivity index (χ0) is 17.2. The minimum absolute atomic E-state index is 0.401. The van der Waals surface area contributed by atoms with E-state index in [1.807, 2.05) is 43.3 Å². The molecule has 3 heteroatoms. The number of hydrogen-bond acceptors (Lipinski definition) is 3. The van der Waals surface area contributed by atoms with Crippen LogP contribution in [0.2, 0.25) is 0 Å². The van der Waals surface area contributed by atoms with Crippen LogP contribution in [0.1, 0.15) is 50.2 Å². The van der Waals surface area contributed by atoms with Crippen molar-refractivity contribution in [1.82, 2.24) is 0 Å². The Morgan fingerprint density at radius 1 is 1.04 bits per heavy atom. The van der Waals surface area contributed by atoms with E-state index >= 15 is 0 Å². The number of nitrogens with two attached hydrogens (primary N) is 1. The zero-order valence-corrected chi connectivity index (χ0v) is 14.7. The quantitative estimate of drug-likeness (QED) is 0.810. The van der Waals surface area contributed by atoms with Crippen molar-refractivity contribution in [2.45, 2.75) is 57.3 Å². The standard InChI is InChI=1S/C21H27NO2/c1-4-9-19-18(5-2)21(22,17-12-10-16(3)11-13-17)24-23-20(19)14-7-6-8-15-20/h4-5,9-13H,2,6-8,14-15,22H2,1,3H3/b9-4-. The average molecular weight is 325 g/mol. The maximum atomic E-state index is 6.69. The molecular weight excluding hydrogens is 298 g/mol. The van der Waals surface area contributed by atoms with E-state index in [4.69, 9.17) is 15.5 Å². The Morgan fingerprint density at radius 3 is 2.29 bits per heavy atom. The molecule has 1 heterocycles. The summed E-state index contributed by atoms with van der Waals surface area (Å²) in [7, 11) is 0. The van der Waals surface area contributed by atoms with Crippen molar-refractivity contribution in [2.75, 3.05) is 0 Å². The van der Waals surface area contributed by atoms with Gasteiger partial charge in [-0.25, -0.2) is 9.78 Å². The van der Waals surface area contributed by atoms with Crippen molar-refractivity contribution in [2.24, 2.45) is 5.73 Å². The summed E-state index contributed by atoms with van der Waals surface area (Å²) in [6, 6.07) is 8.06. The van der Waals surface area contributed by atoms with Gasteiger partial charge in [-0.15, -0.1) is 0 Å². The third-order valence-electron chi connectivity index (χ3n) is 5.19. The van der Waals surface area contributed by atoms with E-state index in [9.17, 15) is 0 Å². The second kappa shape index (κ2) is 6.67. The Labute approximate surface area is 144 Å². The van der Waals surface area contributed by atoms with E-state index in [1.54, 1.807) is 0 Å². The monoisotopic (exact) mass is 325 g/mol. The Morgan fingerprint density at radius 2 is 1.71 bits per heavy atom. The maximum Gasteiger partial charge on any atom is 0.203 e. The van der Waals surface area contributed by atoms with Crippen molar-refractivity contribution in [1.29, 1.82) is 0 Å². The molecule has 0 bridgehead atoms. The second-order valence-corrected chi connectivity index (χ2v) is 6.85. The molecule has 3 rings (SSSR count). The van der Waals surface area contributed by atoms with Crippen molar-refractivity contribution in [3.63, 3.8) is 0 Å². The van der Waals surface area contributed by atoms with E-state index in [0.29, 0.717) is 0 Å². The SMILES string of the molecule is C=CC1=C(/C=C\C)C2(CCCCC2)OOC1(N)c1ccc(C)cc1. The van der Waals surface area contributed by atoms with Crippen molar-refractivity contribution in [3.05, 3.63) is 71.3 Å². The first-order chi connectivity index (χ1) is 11.6. The smallest absolute Gasteiger partial charge is 0.203 e. The third kappa shape index (κ3) is 2.77. The highest BCUT2D eigenvalue weighted by atomic mass is 17.2. The fourth-order valence-corrected chi connectivity index (χ4v) is 3.83. The summed E-state index contributed by atoms with van der Waals surface area (Å²) < 4.78 is 0. The van der Waals surface area contributed by atoms with Crippen LogP contribution in [0.4, 0.5) is 0 Å². The van der Waals surface area contributed by atoms with Crippen LogP contribution in [-0.2, 0) is 15.5 Å². The molecule has 128 valence electrons. The van der Waals surface area contributed by atoms with Crippen molar-refractivity contribution in [3.8, 4) is 0 Å². The summed E-state index contributed by atoms with van der Waals surface area (Å²) in [6.45, 7) is 8.10. The van der Waals surface area contributed by atoms with Crippen LogP contribution in [0.25, 0.3) is 0 Å². The first-order valence-electron chi connectivity index (χ1n) is 8.79. The van der Waals surface area contributed by atoms with E-state index in [0.717, 1.165) is 42.4 Å². The molecule has 2 N–H and O–H groups in total. The van der Waals surface area contributed by atoms with Crippen LogP contribution in [0.5, 0.6) is 0 Å². The Kier molecular flexibility index (Phi) is 4.77. The summed E-state index contributed by atoms with van der Waals surface area (Å²) in [4.78, 5) is 11.9. The van der Waals surface area contributed by atoms with Crippen molar-refractivity contribution < 1.29 is 9.78 Å². The molecule has 24 heavy (non-hydrogen) atoms. The molecule has 1 spiro atoms. The summed E-state index contributed by atoms with van der Waals surface area (Å²) in [6.07, 6.45) is 11.4. The van der Waals surface area contributed by atoms with Crippen LogP contribution in [0.3, 0.4) is 0 Å². The van der Waals surface area contributed by atoms with Gasteiger partial charge in [-0.3, -0.25) is 5.73 Å². The van der Waals surface area contributed by atoms with Crippen molar-refractivity contribution >= 4 is 0 Å². The normalized spacial score (nSPS) is 27.0. The summed E-state index contributed by atoms with van der Waals surface area (Å²) in [5.41, 5.74) is 9.21. The number of hydrogen-bond donors (Lipinski definition) is 1. The molecule has 1 fully saturated rings. The number of allylic oxidation sites excluding steroid dienone is 1. The fraction of sp³-hybridized carbons (Fsp3) is 0.429. The molecule has 0 radical (unpaired) electrons.